The van der Waals surface area contributed by atoms with E-state index in [0.717, 1.165) is 35.3 Å². The molecule has 0 fully saturated rings. The Morgan fingerprint density at radius 1 is 1.14 bits per heavy atom. The van der Waals surface area contributed by atoms with Crippen molar-refractivity contribution in [3.8, 4) is 0 Å². The molecule has 2 aromatic rings. The minimum atomic E-state index is -3.87. The van der Waals surface area contributed by atoms with Crippen LogP contribution in [-0.4, -0.2) is 63.4 Å². The number of aromatic nitrogens is 1. The molecule has 1 aliphatic heterocycles. The molecule has 11 heteroatoms. The van der Waals surface area contributed by atoms with Crippen LogP contribution in [0.5, 0.6) is 0 Å². The third-order valence-electron chi connectivity index (χ3n) is 3.94. The number of pyridine rings is 1. The maximum Gasteiger partial charge on any atom is 0.367 e. The summed E-state index contributed by atoms with van der Waals surface area (Å²) in [5.41, 5.74) is 0.721. The molecule has 0 spiro atoms. The fourth-order valence-corrected chi connectivity index (χ4v) is 4.24. The normalized spacial score (nSPS) is 15.3. The smallest absolute Gasteiger partial charge is 0.367 e. The Balaban J connectivity index is 1.50. The quantitative estimate of drug-likeness (QED) is 0.624. The van der Waals surface area contributed by atoms with Gasteiger partial charge in [0.15, 0.2) is 11.7 Å². The van der Waals surface area contributed by atoms with Crippen molar-refractivity contribution in [1.82, 2.24) is 15.2 Å². The number of nitrogens with zero attached hydrogens (tertiary/aromatic N) is 5. The second-order valence-corrected chi connectivity index (χ2v) is 9.02. The monoisotopic (exact) mass is 436 g/mol. The molecule has 0 atom stereocenters. The Morgan fingerprint density at radius 2 is 1.93 bits per heavy atom. The molecule has 156 valence electrons. The van der Waals surface area contributed by atoms with E-state index >= 15 is 0 Å². The highest BCUT2D eigenvalue weighted by Gasteiger charge is 2.27. The predicted octanol–water partition coefficient (Wildman–Crippen LogP) is 1.75. The lowest BCUT2D eigenvalue weighted by atomic mass is 10.3. The summed E-state index contributed by atoms with van der Waals surface area (Å²) in [4.78, 5) is 7.75. The van der Waals surface area contributed by atoms with Crippen LogP contribution in [0.15, 0.2) is 49.9 Å². The number of rotatable bonds is 8. The SMILES string of the molecule is CN(C)Cc1ccc(CSCCNC2=NS(=O)(=O)N=C2N(C)c2cccnc2)o1. The highest BCUT2D eigenvalue weighted by atomic mass is 32.2. The number of anilines is 1. The number of likely N-dealkylation sites (N-methyl/N-ethyl adjacent to an activating group) is 1. The Kier molecular flexibility index (Phi) is 6.93. The van der Waals surface area contributed by atoms with Crippen molar-refractivity contribution in [1.29, 1.82) is 0 Å². The van der Waals surface area contributed by atoms with Crippen LogP contribution in [0.4, 0.5) is 5.69 Å². The van der Waals surface area contributed by atoms with Gasteiger partial charge in [-0.25, -0.2) is 0 Å². The van der Waals surface area contributed by atoms with E-state index in [9.17, 15) is 8.42 Å². The molecule has 0 radical (unpaired) electrons. The maximum atomic E-state index is 11.9. The average Bonchev–Trinajstić information content (AvgIpc) is 3.24. The minimum absolute atomic E-state index is 0.239. The van der Waals surface area contributed by atoms with Crippen molar-refractivity contribution in [2.24, 2.45) is 8.80 Å². The molecule has 29 heavy (non-hydrogen) atoms. The van der Waals surface area contributed by atoms with Crippen LogP contribution in [0.3, 0.4) is 0 Å². The number of hydrogen-bond acceptors (Lipinski definition) is 8. The van der Waals surface area contributed by atoms with Crippen LogP contribution in [0.25, 0.3) is 0 Å². The van der Waals surface area contributed by atoms with E-state index in [2.05, 4.69) is 24.0 Å². The summed E-state index contributed by atoms with van der Waals surface area (Å²) in [5, 5.41) is 3.08. The van der Waals surface area contributed by atoms with Gasteiger partial charge in [0.05, 0.1) is 24.2 Å². The number of nitrogens with one attached hydrogen (secondary N) is 1. The summed E-state index contributed by atoms with van der Waals surface area (Å²) in [7, 11) is 1.86. The van der Waals surface area contributed by atoms with E-state index < -0.39 is 10.2 Å². The van der Waals surface area contributed by atoms with Gasteiger partial charge in [-0.1, -0.05) is 0 Å². The molecule has 1 N–H and O–H groups in total. The van der Waals surface area contributed by atoms with Gasteiger partial charge in [-0.2, -0.15) is 20.2 Å². The van der Waals surface area contributed by atoms with Gasteiger partial charge in [-0.3, -0.25) is 4.98 Å². The van der Waals surface area contributed by atoms with Crippen molar-refractivity contribution in [2.45, 2.75) is 12.3 Å². The van der Waals surface area contributed by atoms with Gasteiger partial charge in [0.25, 0.3) is 0 Å². The zero-order valence-electron chi connectivity index (χ0n) is 16.6. The van der Waals surface area contributed by atoms with E-state index in [-0.39, 0.29) is 11.7 Å². The number of amidine groups is 2. The van der Waals surface area contributed by atoms with Gasteiger partial charge in [-0.05, 0) is 38.4 Å². The molecule has 0 aromatic carbocycles. The first-order valence-corrected chi connectivity index (χ1v) is 11.5. The molecular formula is C18H24N6O3S2. The van der Waals surface area contributed by atoms with Gasteiger partial charge in [0.2, 0.25) is 0 Å². The molecule has 0 unspecified atom stereocenters. The summed E-state index contributed by atoms with van der Waals surface area (Å²) < 4.78 is 37.0. The lowest BCUT2D eigenvalue weighted by molar-refractivity contribution is 0.344. The number of hydrogen-bond donors (Lipinski definition) is 1. The molecule has 2 aromatic heterocycles. The first kappa shape index (κ1) is 21.3. The average molecular weight is 437 g/mol. The lowest BCUT2D eigenvalue weighted by Crippen LogP contribution is -2.40. The zero-order valence-corrected chi connectivity index (χ0v) is 18.2. The molecular weight excluding hydrogens is 412 g/mol. The van der Waals surface area contributed by atoms with Gasteiger partial charge in [0, 0.05) is 25.5 Å². The fourth-order valence-electron chi connectivity index (χ4n) is 2.65. The Labute approximate surface area is 175 Å². The van der Waals surface area contributed by atoms with E-state index in [1.54, 1.807) is 42.2 Å². The van der Waals surface area contributed by atoms with Crippen molar-refractivity contribution in [3.05, 3.63) is 48.2 Å². The van der Waals surface area contributed by atoms with Gasteiger partial charge >= 0.3 is 10.2 Å². The lowest BCUT2D eigenvalue weighted by Gasteiger charge is -2.19. The van der Waals surface area contributed by atoms with Crippen LogP contribution in [-0.2, 0) is 22.5 Å². The summed E-state index contributed by atoms with van der Waals surface area (Å²) in [5.74, 6) is 3.86. The second kappa shape index (κ2) is 9.42. The highest BCUT2D eigenvalue weighted by Crippen LogP contribution is 2.17. The number of furan rings is 1. The summed E-state index contributed by atoms with van der Waals surface area (Å²) in [6.45, 7) is 1.32. The van der Waals surface area contributed by atoms with Gasteiger partial charge < -0.3 is 19.5 Å². The zero-order chi connectivity index (χ0) is 20.9. The van der Waals surface area contributed by atoms with E-state index in [1.165, 1.54) is 0 Å². The topological polar surface area (TPSA) is 103 Å². The Hall–Kier alpha value is -2.37. The third-order valence-corrected chi connectivity index (χ3v) is 5.74. The van der Waals surface area contributed by atoms with Crippen LogP contribution >= 0.6 is 11.8 Å². The molecule has 0 bridgehead atoms. The van der Waals surface area contributed by atoms with Crippen LogP contribution in [0.1, 0.15) is 11.5 Å². The molecule has 1 aliphatic rings. The van der Waals surface area contributed by atoms with Crippen molar-refractivity contribution >= 4 is 39.3 Å². The summed E-state index contributed by atoms with van der Waals surface area (Å²) >= 11 is 1.69. The van der Waals surface area contributed by atoms with E-state index in [4.69, 9.17) is 4.42 Å². The van der Waals surface area contributed by atoms with E-state index in [0.29, 0.717) is 6.54 Å². The van der Waals surface area contributed by atoms with Gasteiger partial charge in [0.1, 0.15) is 11.5 Å². The first-order chi connectivity index (χ1) is 13.8. The fraction of sp³-hybridized carbons (Fsp3) is 0.389. The molecule has 9 nitrogen and oxygen atoms in total. The number of thioether (sulfide) groups is 1. The molecule has 0 saturated carbocycles. The third kappa shape index (κ3) is 6.05. The molecule has 3 rings (SSSR count). The van der Waals surface area contributed by atoms with Crippen LogP contribution in [0, 0.1) is 0 Å². The molecule has 0 amide bonds. The Bertz CT molecular complexity index is 986. The minimum Gasteiger partial charge on any atom is -0.464 e. The molecule has 0 saturated heterocycles. The van der Waals surface area contributed by atoms with Crippen molar-refractivity contribution < 1.29 is 12.8 Å². The maximum absolute atomic E-state index is 11.9. The van der Waals surface area contributed by atoms with Crippen LogP contribution < -0.4 is 10.2 Å². The molecule has 0 aliphatic carbocycles. The van der Waals surface area contributed by atoms with E-state index in [1.807, 2.05) is 32.3 Å². The van der Waals surface area contributed by atoms with Crippen molar-refractivity contribution in [3.63, 3.8) is 0 Å². The van der Waals surface area contributed by atoms with Crippen LogP contribution in [0.2, 0.25) is 0 Å². The Morgan fingerprint density at radius 3 is 2.66 bits per heavy atom. The second-order valence-electron chi connectivity index (χ2n) is 6.66. The summed E-state index contributed by atoms with van der Waals surface area (Å²) in [6.07, 6.45) is 3.28. The standard InChI is InChI=1S/C18H24N6O3S2/c1-23(2)12-15-6-7-16(27-15)13-28-10-9-20-17-18(22-29(25,26)21-17)24(3)14-5-4-8-19-11-14/h4-8,11H,9-10,12-13H2,1-3H3,(H,20,21). The predicted molar refractivity (Wildman–Crippen MR) is 117 cm³/mol. The van der Waals surface area contributed by atoms with Gasteiger partial charge in [-0.15, -0.1) is 8.80 Å². The highest BCUT2D eigenvalue weighted by molar-refractivity contribution is 7.98. The largest absolute Gasteiger partial charge is 0.464 e. The molecule has 3 heterocycles. The van der Waals surface area contributed by atoms with Crippen molar-refractivity contribution in [2.75, 3.05) is 38.3 Å². The first-order valence-electron chi connectivity index (χ1n) is 8.97. The summed E-state index contributed by atoms with van der Waals surface area (Å²) in [6, 6.07) is 7.57.